The predicted octanol–water partition coefficient (Wildman–Crippen LogP) is 2.35. The number of carbonyl (C=O) groups is 1. The van der Waals surface area contributed by atoms with Crippen LogP contribution in [0.15, 0.2) is 34.2 Å². The van der Waals surface area contributed by atoms with Gasteiger partial charge in [0.25, 0.3) is 0 Å². The van der Waals surface area contributed by atoms with Crippen molar-refractivity contribution in [2.45, 2.75) is 0 Å². The highest BCUT2D eigenvalue weighted by atomic mass is 79.9. The van der Waals surface area contributed by atoms with Crippen LogP contribution in [-0.2, 0) is 4.84 Å². The summed E-state index contributed by atoms with van der Waals surface area (Å²) in [6.45, 7) is 0. The van der Waals surface area contributed by atoms with Crippen LogP contribution in [0.1, 0.15) is 5.56 Å². The highest BCUT2D eigenvalue weighted by Crippen LogP contribution is 2.31. The molecule has 1 heterocycles. The number of oxime groups is 1. The summed E-state index contributed by atoms with van der Waals surface area (Å²) in [6, 6.07) is 4.71. The van der Waals surface area contributed by atoms with Gasteiger partial charge in [-0.25, -0.2) is 14.8 Å². The molecule has 1 aromatic carbocycles. The second-order valence-electron chi connectivity index (χ2n) is 4.34. The van der Waals surface area contributed by atoms with Gasteiger partial charge in [-0.3, -0.25) is 0 Å². The van der Waals surface area contributed by atoms with Crippen molar-refractivity contribution in [3.05, 3.63) is 34.6 Å². The Morgan fingerprint density at radius 2 is 2.21 bits per heavy atom. The summed E-state index contributed by atoms with van der Waals surface area (Å²) < 4.78 is 6.36. The molecule has 0 aliphatic heterocycles. The molecule has 0 bridgehead atoms. The van der Waals surface area contributed by atoms with E-state index >= 15 is 0 Å². The van der Waals surface area contributed by atoms with Crippen LogP contribution in [0.25, 0.3) is 0 Å². The lowest BCUT2D eigenvalue weighted by atomic mass is 10.3. The van der Waals surface area contributed by atoms with Gasteiger partial charge in [-0.05, 0) is 34.1 Å². The van der Waals surface area contributed by atoms with Crippen LogP contribution in [0.5, 0.6) is 11.6 Å². The second-order valence-corrected chi connectivity index (χ2v) is 5.20. The average molecular weight is 395 g/mol. The Labute approximate surface area is 146 Å². The molecule has 2 rings (SSSR count). The SMILES string of the molecule is CNC(=O)Nc1ccc(Oc2ncnc(N)c2C=NOC)cc1Br. The summed E-state index contributed by atoms with van der Waals surface area (Å²) in [4.78, 5) is 23.9. The number of nitrogens with one attached hydrogen (secondary N) is 2. The first kappa shape index (κ1) is 17.5. The molecule has 4 N–H and O–H groups in total. The molecule has 0 radical (unpaired) electrons. The largest absolute Gasteiger partial charge is 0.438 e. The minimum Gasteiger partial charge on any atom is -0.438 e. The predicted molar refractivity (Wildman–Crippen MR) is 93.3 cm³/mol. The molecular weight excluding hydrogens is 380 g/mol. The number of ether oxygens (including phenoxy) is 1. The highest BCUT2D eigenvalue weighted by Gasteiger charge is 2.12. The standard InChI is InChI=1S/C14H15BrN6O3/c1-17-14(22)21-11-4-3-8(5-10(11)15)24-13-9(6-20-23-2)12(16)18-7-19-13/h3-7H,1-2H3,(H2,16,18,19)(H2,17,21,22). The van der Waals surface area contributed by atoms with E-state index in [0.717, 1.165) is 0 Å². The van der Waals surface area contributed by atoms with Crippen LogP contribution in [0.3, 0.4) is 0 Å². The van der Waals surface area contributed by atoms with Gasteiger partial charge in [0.15, 0.2) is 0 Å². The average Bonchev–Trinajstić information content (AvgIpc) is 2.56. The number of halogens is 1. The molecule has 0 aliphatic carbocycles. The maximum atomic E-state index is 11.4. The van der Waals surface area contributed by atoms with Gasteiger partial charge in [-0.1, -0.05) is 5.16 Å². The van der Waals surface area contributed by atoms with E-state index in [0.29, 0.717) is 21.5 Å². The van der Waals surface area contributed by atoms with Gasteiger partial charge in [0.2, 0.25) is 5.88 Å². The number of hydrogen-bond donors (Lipinski definition) is 3. The second kappa shape index (κ2) is 8.11. The third-order valence-electron chi connectivity index (χ3n) is 2.80. The van der Waals surface area contributed by atoms with E-state index in [2.05, 4.69) is 46.5 Å². The molecule has 0 fully saturated rings. The Balaban J connectivity index is 2.26. The highest BCUT2D eigenvalue weighted by molar-refractivity contribution is 9.10. The van der Waals surface area contributed by atoms with Gasteiger partial charge in [0, 0.05) is 11.5 Å². The zero-order valence-corrected chi connectivity index (χ0v) is 14.5. The van der Waals surface area contributed by atoms with Gasteiger partial charge in [0.05, 0.1) is 11.9 Å². The maximum Gasteiger partial charge on any atom is 0.319 e. The Morgan fingerprint density at radius 3 is 2.88 bits per heavy atom. The molecule has 2 aromatic rings. The van der Waals surface area contributed by atoms with Crippen LogP contribution in [-0.4, -0.2) is 36.4 Å². The van der Waals surface area contributed by atoms with Crippen molar-refractivity contribution in [1.29, 1.82) is 0 Å². The molecule has 0 saturated carbocycles. The molecule has 10 heteroatoms. The van der Waals surface area contributed by atoms with Gasteiger partial charge in [-0.15, -0.1) is 0 Å². The molecule has 126 valence electrons. The van der Waals surface area contributed by atoms with Crippen LogP contribution < -0.4 is 21.1 Å². The van der Waals surface area contributed by atoms with Gasteiger partial charge in [-0.2, -0.15) is 0 Å². The molecule has 0 saturated heterocycles. The number of hydrogen-bond acceptors (Lipinski definition) is 7. The molecule has 0 unspecified atom stereocenters. The third-order valence-corrected chi connectivity index (χ3v) is 3.45. The van der Waals surface area contributed by atoms with E-state index in [-0.39, 0.29) is 17.7 Å². The molecule has 2 amide bonds. The van der Waals surface area contributed by atoms with Crippen molar-refractivity contribution in [1.82, 2.24) is 15.3 Å². The molecule has 0 spiro atoms. The summed E-state index contributed by atoms with van der Waals surface area (Å²) in [7, 11) is 2.94. The number of rotatable bonds is 5. The van der Waals surface area contributed by atoms with E-state index in [4.69, 9.17) is 10.5 Å². The Kier molecular flexibility index (Phi) is 5.90. The minimum atomic E-state index is -0.328. The number of nitrogen functional groups attached to an aromatic ring is 1. The molecule has 24 heavy (non-hydrogen) atoms. The zero-order chi connectivity index (χ0) is 17.5. The number of benzene rings is 1. The summed E-state index contributed by atoms with van der Waals surface area (Å²) in [6.07, 6.45) is 2.65. The minimum absolute atomic E-state index is 0.206. The van der Waals surface area contributed by atoms with Crippen molar-refractivity contribution in [2.24, 2.45) is 5.16 Å². The number of aromatic nitrogens is 2. The van der Waals surface area contributed by atoms with Crippen molar-refractivity contribution >= 4 is 39.7 Å². The van der Waals surface area contributed by atoms with Crippen LogP contribution >= 0.6 is 15.9 Å². The molecule has 1 aromatic heterocycles. The molecule has 9 nitrogen and oxygen atoms in total. The molecular formula is C14H15BrN6O3. The summed E-state index contributed by atoms with van der Waals surface area (Å²) >= 11 is 3.37. The number of anilines is 2. The van der Waals surface area contributed by atoms with Crippen molar-refractivity contribution in [2.75, 3.05) is 25.2 Å². The van der Waals surface area contributed by atoms with Crippen LogP contribution in [0, 0.1) is 0 Å². The number of urea groups is 1. The summed E-state index contributed by atoms with van der Waals surface area (Å²) in [5.74, 6) is 0.912. The zero-order valence-electron chi connectivity index (χ0n) is 12.9. The van der Waals surface area contributed by atoms with Crippen molar-refractivity contribution in [3.8, 4) is 11.6 Å². The van der Waals surface area contributed by atoms with Crippen LogP contribution in [0.2, 0.25) is 0 Å². The number of carbonyl (C=O) groups excluding carboxylic acids is 1. The Morgan fingerprint density at radius 1 is 1.42 bits per heavy atom. The van der Waals surface area contributed by atoms with E-state index in [1.54, 1.807) is 18.2 Å². The smallest absolute Gasteiger partial charge is 0.319 e. The molecule has 0 atom stereocenters. The van der Waals surface area contributed by atoms with Gasteiger partial charge >= 0.3 is 6.03 Å². The first-order valence-electron chi connectivity index (χ1n) is 6.68. The summed E-state index contributed by atoms with van der Waals surface area (Å²) in [5.41, 5.74) is 6.78. The van der Waals surface area contributed by atoms with E-state index in [1.807, 2.05) is 0 Å². The number of amides is 2. The van der Waals surface area contributed by atoms with Gasteiger partial charge < -0.3 is 25.9 Å². The van der Waals surface area contributed by atoms with Crippen LogP contribution in [0.4, 0.5) is 16.3 Å². The Hall–Kier alpha value is -2.88. The fourth-order valence-corrected chi connectivity index (χ4v) is 2.11. The fourth-order valence-electron chi connectivity index (χ4n) is 1.66. The first-order valence-corrected chi connectivity index (χ1v) is 7.47. The van der Waals surface area contributed by atoms with E-state index < -0.39 is 0 Å². The topological polar surface area (TPSA) is 124 Å². The normalized spacial score (nSPS) is 10.5. The van der Waals surface area contributed by atoms with Gasteiger partial charge in [0.1, 0.15) is 30.6 Å². The number of nitrogens with zero attached hydrogens (tertiary/aromatic N) is 3. The van der Waals surface area contributed by atoms with Crippen molar-refractivity contribution < 1.29 is 14.4 Å². The lowest BCUT2D eigenvalue weighted by Gasteiger charge is -2.11. The monoisotopic (exact) mass is 394 g/mol. The fraction of sp³-hybridized carbons (Fsp3) is 0.143. The quantitative estimate of drug-likeness (QED) is 0.528. The third kappa shape index (κ3) is 4.32. The number of nitrogens with two attached hydrogens (primary N) is 1. The van der Waals surface area contributed by atoms with E-state index in [1.165, 1.54) is 26.7 Å². The molecule has 0 aliphatic rings. The summed E-state index contributed by atoms with van der Waals surface area (Å²) in [5, 5.41) is 8.78. The lowest BCUT2D eigenvalue weighted by molar-refractivity contribution is 0.215. The first-order chi connectivity index (χ1) is 11.5. The Bertz CT molecular complexity index is 768. The lowest BCUT2D eigenvalue weighted by Crippen LogP contribution is -2.24. The van der Waals surface area contributed by atoms with E-state index in [9.17, 15) is 4.79 Å². The van der Waals surface area contributed by atoms with Crippen molar-refractivity contribution in [3.63, 3.8) is 0 Å². The maximum absolute atomic E-state index is 11.4.